The number of fused-ring (bicyclic) bond motifs is 1. The summed E-state index contributed by atoms with van der Waals surface area (Å²) in [6, 6.07) is 2.05. The van der Waals surface area contributed by atoms with E-state index in [0.717, 1.165) is 47.3 Å². The summed E-state index contributed by atoms with van der Waals surface area (Å²) in [5.74, 6) is -1.03. The van der Waals surface area contributed by atoms with Crippen LogP contribution < -0.4 is 5.32 Å². The third-order valence-electron chi connectivity index (χ3n) is 5.28. The minimum Gasteiger partial charge on any atom is -0.507 e. The Bertz CT molecular complexity index is 915. The minimum absolute atomic E-state index is 0.00728. The number of nitrogens with one attached hydrogen (secondary N) is 1. The Morgan fingerprint density at radius 1 is 1.22 bits per heavy atom. The Hall–Kier alpha value is -2.83. The van der Waals surface area contributed by atoms with Gasteiger partial charge < -0.3 is 15.5 Å². The maximum Gasteiger partial charge on any atom is 0.322 e. The zero-order valence-electron chi connectivity index (χ0n) is 15.9. The van der Waals surface area contributed by atoms with E-state index in [2.05, 4.69) is 16.5 Å². The molecule has 1 aliphatic carbocycles. The molecule has 7 heteroatoms. The number of carboxylic acid groups (broad SMARTS) is 1. The highest BCUT2D eigenvalue weighted by molar-refractivity contribution is 5.80. The summed E-state index contributed by atoms with van der Waals surface area (Å²) in [5, 5.41) is 25.8. The summed E-state index contributed by atoms with van der Waals surface area (Å²) < 4.78 is 1.62. The fourth-order valence-electron chi connectivity index (χ4n) is 3.87. The SMILES string of the molecule is Cc1cc(Cc2c(C)nn(CC(=O)NCC(=O)O)c2C)c2c(c1O)CCC2. The Labute approximate surface area is 158 Å². The molecule has 0 bridgehead atoms. The van der Waals surface area contributed by atoms with Crippen molar-refractivity contribution in [3.63, 3.8) is 0 Å². The highest BCUT2D eigenvalue weighted by Gasteiger charge is 2.22. The second-order valence-electron chi connectivity index (χ2n) is 7.17. The Morgan fingerprint density at radius 3 is 2.63 bits per heavy atom. The van der Waals surface area contributed by atoms with Gasteiger partial charge in [0, 0.05) is 17.7 Å². The van der Waals surface area contributed by atoms with Gasteiger partial charge in [-0.05, 0) is 62.3 Å². The van der Waals surface area contributed by atoms with Crippen molar-refractivity contribution in [2.75, 3.05) is 6.54 Å². The van der Waals surface area contributed by atoms with Crippen LogP contribution in [0.4, 0.5) is 0 Å². The van der Waals surface area contributed by atoms with Crippen LogP contribution >= 0.6 is 0 Å². The first kappa shape index (κ1) is 18.9. The molecule has 0 atom stereocenters. The van der Waals surface area contributed by atoms with Crippen molar-refractivity contribution in [1.82, 2.24) is 15.1 Å². The lowest BCUT2D eigenvalue weighted by molar-refractivity contribution is -0.138. The molecule has 1 aromatic heterocycles. The fourth-order valence-corrected chi connectivity index (χ4v) is 3.87. The van der Waals surface area contributed by atoms with Gasteiger partial charge in [0.25, 0.3) is 0 Å². The third-order valence-corrected chi connectivity index (χ3v) is 5.28. The topological polar surface area (TPSA) is 104 Å². The van der Waals surface area contributed by atoms with Crippen molar-refractivity contribution in [2.45, 2.75) is 53.0 Å². The standard InChI is InChI=1S/C20H25N3O4/c1-11-7-14(15-5-4-6-16(15)20(11)27)8-17-12(2)22-23(13(17)3)10-18(24)21-9-19(25)26/h7,27H,4-6,8-10H2,1-3H3,(H,21,24)(H,25,26). The number of hydrogen-bond acceptors (Lipinski definition) is 4. The molecule has 0 aliphatic heterocycles. The highest BCUT2D eigenvalue weighted by Crippen LogP contribution is 2.36. The Morgan fingerprint density at radius 2 is 1.93 bits per heavy atom. The molecule has 2 aromatic rings. The van der Waals surface area contributed by atoms with E-state index >= 15 is 0 Å². The number of aryl methyl sites for hydroxylation is 2. The Balaban J connectivity index is 1.84. The lowest BCUT2D eigenvalue weighted by atomic mass is 9.93. The van der Waals surface area contributed by atoms with Gasteiger partial charge in [-0.1, -0.05) is 6.07 Å². The molecule has 0 radical (unpaired) electrons. The molecule has 27 heavy (non-hydrogen) atoms. The first-order valence-corrected chi connectivity index (χ1v) is 9.12. The van der Waals surface area contributed by atoms with Crippen LogP contribution in [0.5, 0.6) is 5.75 Å². The van der Waals surface area contributed by atoms with E-state index in [9.17, 15) is 14.7 Å². The van der Waals surface area contributed by atoms with Gasteiger partial charge in [0.05, 0.1) is 5.69 Å². The number of phenols is 1. The average Bonchev–Trinajstić information content (AvgIpc) is 3.19. The lowest BCUT2D eigenvalue weighted by Gasteiger charge is -2.13. The molecule has 7 nitrogen and oxygen atoms in total. The zero-order valence-corrected chi connectivity index (χ0v) is 15.9. The van der Waals surface area contributed by atoms with Gasteiger partial charge in [-0.2, -0.15) is 5.10 Å². The lowest BCUT2D eigenvalue weighted by Crippen LogP contribution is -2.32. The van der Waals surface area contributed by atoms with Crippen LogP contribution in [0, 0.1) is 20.8 Å². The molecular weight excluding hydrogens is 346 g/mol. The monoisotopic (exact) mass is 371 g/mol. The number of phenolic OH excluding ortho intramolecular Hbond substituents is 1. The second-order valence-corrected chi connectivity index (χ2v) is 7.17. The summed E-state index contributed by atoms with van der Waals surface area (Å²) in [5.41, 5.74) is 7.23. The molecular formula is C20H25N3O4. The van der Waals surface area contributed by atoms with Gasteiger partial charge >= 0.3 is 5.97 Å². The van der Waals surface area contributed by atoms with E-state index < -0.39 is 12.5 Å². The largest absolute Gasteiger partial charge is 0.507 e. The number of amides is 1. The van der Waals surface area contributed by atoms with Gasteiger partial charge in [-0.15, -0.1) is 0 Å². The molecule has 0 spiro atoms. The van der Waals surface area contributed by atoms with Crippen LogP contribution in [-0.4, -0.2) is 38.4 Å². The molecule has 1 amide bonds. The maximum absolute atomic E-state index is 11.9. The molecule has 3 rings (SSSR count). The second kappa shape index (κ2) is 7.42. The van der Waals surface area contributed by atoms with Crippen LogP contribution in [0.25, 0.3) is 0 Å². The molecule has 3 N–H and O–H groups in total. The predicted molar refractivity (Wildman–Crippen MR) is 100 cm³/mol. The number of rotatable bonds is 6. The van der Waals surface area contributed by atoms with Crippen LogP contribution in [0.3, 0.4) is 0 Å². The van der Waals surface area contributed by atoms with Crippen molar-refractivity contribution in [3.8, 4) is 5.75 Å². The first-order valence-electron chi connectivity index (χ1n) is 9.12. The van der Waals surface area contributed by atoms with Crippen molar-refractivity contribution in [3.05, 3.63) is 45.3 Å². The summed E-state index contributed by atoms with van der Waals surface area (Å²) >= 11 is 0. The number of benzene rings is 1. The maximum atomic E-state index is 11.9. The van der Waals surface area contributed by atoms with Crippen LogP contribution in [0.15, 0.2) is 6.07 Å². The summed E-state index contributed by atoms with van der Waals surface area (Å²) in [7, 11) is 0. The van der Waals surface area contributed by atoms with Crippen LogP contribution in [-0.2, 0) is 35.4 Å². The molecule has 144 valence electrons. The van der Waals surface area contributed by atoms with Gasteiger partial charge in [0.1, 0.15) is 18.8 Å². The number of aromatic nitrogens is 2. The number of hydrogen-bond donors (Lipinski definition) is 3. The van der Waals surface area contributed by atoms with Crippen molar-refractivity contribution in [2.24, 2.45) is 0 Å². The van der Waals surface area contributed by atoms with E-state index in [0.29, 0.717) is 12.2 Å². The summed E-state index contributed by atoms with van der Waals surface area (Å²) in [6.07, 6.45) is 3.65. The van der Waals surface area contributed by atoms with Gasteiger partial charge in [-0.25, -0.2) is 0 Å². The van der Waals surface area contributed by atoms with E-state index in [4.69, 9.17) is 5.11 Å². The van der Waals surface area contributed by atoms with E-state index in [1.807, 2.05) is 20.8 Å². The summed E-state index contributed by atoms with van der Waals surface area (Å²) in [4.78, 5) is 22.5. The average molecular weight is 371 g/mol. The van der Waals surface area contributed by atoms with Crippen LogP contribution in [0.1, 0.15) is 45.6 Å². The van der Waals surface area contributed by atoms with Crippen molar-refractivity contribution in [1.29, 1.82) is 0 Å². The van der Waals surface area contributed by atoms with Crippen molar-refractivity contribution < 1.29 is 19.8 Å². The molecule has 0 unspecified atom stereocenters. The number of carbonyl (C=O) groups excluding carboxylic acids is 1. The fraction of sp³-hybridized carbons (Fsp3) is 0.450. The van der Waals surface area contributed by atoms with Gasteiger partial charge in [0.2, 0.25) is 5.91 Å². The molecule has 0 saturated heterocycles. The number of carboxylic acids is 1. The zero-order chi connectivity index (χ0) is 19.7. The van der Waals surface area contributed by atoms with E-state index in [-0.39, 0.29) is 12.5 Å². The van der Waals surface area contributed by atoms with Crippen molar-refractivity contribution >= 4 is 11.9 Å². The number of carbonyl (C=O) groups is 2. The summed E-state index contributed by atoms with van der Waals surface area (Å²) in [6.45, 7) is 5.36. The van der Waals surface area contributed by atoms with Gasteiger partial charge in [-0.3, -0.25) is 14.3 Å². The highest BCUT2D eigenvalue weighted by atomic mass is 16.4. The molecule has 1 aromatic carbocycles. The molecule has 0 fully saturated rings. The quantitative estimate of drug-likeness (QED) is 0.718. The predicted octanol–water partition coefficient (Wildman–Crippen LogP) is 1.79. The molecule has 1 heterocycles. The number of aromatic hydroxyl groups is 1. The smallest absolute Gasteiger partial charge is 0.322 e. The molecule has 0 saturated carbocycles. The number of nitrogens with zero attached hydrogens (tertiary/aromatic N) is 2. The van der Waals surface area contributed by atoms with E-state index in [1.54, 1.807) is 4.68 Å². The first-order chi connectivity index (χ1) is 12.8. The normalized spacial score (nSPS) is 12.9. The van der Waals surface area contributed by atoms with Crippen LogP contribution in [0.2, 0.25) is 0 Å². The third kappa shape index (κ3) is 3.82. The minimum atomic E-state index is -1.08. The van der Waals surface area contributed by atoms with E-state index in [1.165, 1.54) is 11.1 Å². The number of aliphatic carboxylic acids is 1. The Kier molecular flexibility index (Phi) is 5.21. The molecule has 1 aliphatic rings. The van der Waals surface area contributed by atoms with Gasteiger partial charge in [0.15, 0.2) is 0 Å².